The van der Waals surface area contributed by atoms with Gasteiger partial charge in [0.1, 0.15) is 0 Å². The minimum absolute atomic E-state index is 0.823. The molecule has 0 saturated carbocycles. The molecular formula is C15H34N4O2. The summed E-state index contributed by atoms with van der Waals surface area (Å²) in [5, 5.41) is 6.67. The maximum Gasteiger partial charge on any atom is 0.191 e. The van der Waals surface area contributed by atoms with Gasteiger partial charge in [0.25, 0.3) is 0 Å². The van der Waals surface area contributed by atoms with Crippen LogP contribution in [-0.2, 0) is 9.47 Å². The standard InChI is InChI=1S/C15H34N4O2/c1-16-15(17-9-6-5-7-13-20-3)18-10-12-19(2)11-8-14-21-4/h5-14H2,1-4H3,(H2,16,17,18). The molecular weight excluding hydrogens is 268 g/mol. The number of nitrogens with zero attached hydrogens (tertiary/aromatic N) is 2. The fourth-order valence-electron chi connectivity index (χ4n) is 1.93. The van der Waals surface area contributed by atoms with Crippen LogP contribution in [0.15, 0.2) is 4.99 Å². The second kappa shape index (κ2) is 15.5. The van der Waals surface area contributed by atoms with Gasteiger partial charge in [0, 0.05) is 60.7 Å². The fourth-order valence-corrected chi connectivity index (χ4v) is 1.93. The molecule has 0 spiro atoms. The van der Waals surface area contributed by atoms with Crippen LogP contribution in [0.3, 0.4) is 0 Å². The molecule has 0 aliphatic carbocycles. The number of nitrogens with one attached hydrogen (secondary N) is 2. The highest BCUT2D eigenvalue weighted by Crippen LogP contribution is 1.93. The molecule has 2 N–H and O–H groups in total. The number of aliphatic imine (C=N–C) groups is 1. The number of hydrogen-bond acceptors (Lipinski definition) is 4. The Labute approximate surface area is 130 Å². The first-order valence-electron chi connectivity index (χ1n) is 7.85. The Morgan fingerprint density at radius 3 is 2.24 bits per heavy atom. The molecule has 0 rings (SSSR count). The highest BCUT2D eigenvalue weighted by Gasteiger charge is 2.00. The Hall–Kier alpha value is -0.850. The van der Waals surface area contributed by atoms with Crippen molar-refractivity contribution in [3.63, 3.8) is 0 Å². The summed E-state index contributed by atoms with van der Waals surface area (Å²) in [4.78, 5) is 6.52. The maximum absolute atomic E-state index is 5.05. The average molecular weight is 302 g/mol. The lowest BCUT2D eigenvalue weighted by molar-refractivity contribution is 0.180. The van der Waals surface area contributed by atoms with Gasteiger partial charge in [-0.1, -0.05) is 0 Å². The average Bonchev–Trinajstić information content (AvgIpc) is 2.49. The topological polar surface area (TPSA) is 58.1 Å². The van der Waals surface area contributed by atoms with Gasteiger partial charge in [0.15, 0.2) is 5.96 Å². The van der Waals surface area contributed by atoms with Gasteiger partial charge in [0.05, 0.1) is 0 Å². The fraction of sp³-hybridized carbons (Fsp3) is 0.933. The smallest absolute Gasteiger partial charge is 0.191 e. The quantitative estimate of drug-likeness (QED) is 0.301. The van der Waals surface area contributed by atoms with Gasteiger partial charge in [-0.2, -0.15) is 0 Å². The Morgan fingerprint density at radius 1 is 0.905 bits per heavy atom. The lowest BCUT2D eigenvalue weighted by Crippen LogP contribution is -2.41. The highest BCUT2D eigenvalue weighted by atomic mass is 16.5. The molecule has 0 radical (unpaired) electrons. The molecule has 0 aliphatic rings. The third-order valence-electron chi connectivity index (χ3n) is 3.22. The van der Waals surface area contributed by atoms with Crippen molar-refractivity contribution in [1.29, 1.82) is 0 Å². The van der Waals surface area contributed by atoms with Crippen molar-refractivity contribution in [3.05, 3.63) is 0 Å². The molecule has 0 heterocycles. The number of likely N-dealkylation sites (N-methyl/N-ethyl adjacent to an activating group) is 1. The van der Waals surface area contributed by atoms with Crippen LogP contribution in [0.2, 0.25) is 0 Å². The summed E-state index contributed by atoms with van der Waals surface area (Å²) in [6.07, 6.45) is 4.51. The molecule has 0 bridgehead atoms. The summed E-state index contributed by atoms with van der Waals surface area (Å²) < 4.78 is 10.1. The third kappa shape index (κ3) is 13.9. The number of hydrogen-bond donors (Lipinski definition) is 2. The minimum atomic E-state index is 0.823. The van der Waals surface area contributed by atoms with E-state index in [4.69, 9.17) is 9.47 Å². The van der Waals surface area contributed by atoms with Crippen LogP contribution < -0.4 is 10.6 Å². The van der Waals surface area contributed by atoms with E-state index in [1.807, 2.05) is 7.05 Å². The van der Waals surface area contributed by atoms with E-state index in [0.29, 0.717) is 0 Å². The Bertz CT molecular complexity index is 250. The minimum Gasteiger partial charge on any atom is -0.385 e. The van der Waals surface area contributed by atoms with Crippen LogP contribution in [-0.4, -0.2) is 78.6 Å². The second-order valence-electron chi connectivity index (χ2n) is 5.13. The van der Waals surface area contributed by atoms with Crippen LogP contribution in [0.5, 0.6) is 0 Å². The lowest BCUT2D eigenvalue weighted by Gasteiger charge is -2.18. The molecule has 0 fully saturated rings. The SMILES string of the molecule is CN=C(NCCCCCOC)NCCN(C)CCCOC. The molecule has 6 nitrogen and oxygen atoms in total. The van der Waals surface area contributed by atoms with E-state index >= 15 is 0 Å². The van der Waals surface area contributed by atoms with Gasteiger partial charge < -0.3 is 25.0 Å². The van der Waals surface area contributed by atoms with Crippen molar-refractivity contribution in [1.82, 2.24) is 15.5 Å². The van der Waals surface area contributed by atoms with Gasteiger partial charge in [-0.05, 0) is 32.7 Å². The van der Waals surface area contributed by atoms with Gasteiger partial charge in [-0.25, -0.2) is 0 Å². The first-order chi connectivity index (χ1) is 10.2. The van der Waals surface area contributed by atoms with E-state index in [1.54, 1.807) is 14.2 Å². The van der Waals surface area contributed by atoms with Crippen molar-refractivity contribution in [2.75, 3.05) is 67.7 Å². The van der Waals surface area contributed by atoms with Gasteiger partial charge in [-0.3, -0.25) is 4.99 Å². The Kier molecular flexibility index (Phi) is 14.9. The van der Waals surface area contributed by atoms with E-state index in [2.05, 4.69) is 27.6 Å². The molecule has 0 aromatic rings. The molecule has 0 amide bonds. The van der Waals surface area contributed by atoms with Gasteiger partial charge in [0.2, 0.25) is 0 Å². The van der Waals surface area contributed by atoms with Crippen molar-refractivity contribution in [2.24, 2.45) is 4.99 Å². The molecule has 0 aliphatic heterocycles. The van der Waals surface area contributed by atoms with E-state index in [0.717, 1.165) is 64.6 Å². The molecule has 0 aromatic heterocycles. The largest absolute Gasteiger partial charge is 0.385 e. The van der Waals surface area contributed by atoms with Gasteiger partial charge in [-0.15, -0.1) is 0 Å². The Balaban J connectivity index is 3.53. The third-order valence-corrected chi connectivity index (χ3v) is 3.22. The summed E-state index contributed by atoms with van der Waals surface area (Å²) in [6.45, 7) is 5.58. The van der Waals surface area contributed by atoms with Gasteiger partial charge >= 0.3 is 0 Å². The van der Waals surface area contributed by atoms with Crippen molar-refractivity contribution in [3.8, 4) is 0 Å². The normalized spacial score (nSPS) is 12.0. The predicted molar refractivity (Wildman–Crippen MR) is 89.1 cm³/mol. The molecule has 126 valence electrons. The first-order valence-corrected chi connectivity index (χ1v) is 7.85. The molecule has 0 atom stereocenters. The van der Waals surface area contributed by atoms with Crippen LogP contribution >= 0.6 is 0 Å². The van der Waals surface area contributed by atoms with Crippen molar-refractivity contribution >= 4 is 5.96 Å². The summed E-state index contributed by atoms with van der Waals surface area (Å²) in [6, 6.07) is 0. The first kappa shape index (κ1) is 20.1. The monoisotopic (exact) mass is 302 g/mol. The van der Waals surface area contributed by atoms with E-state index in [-0.39, 0.29) is 0 Å². The Morgan fingerprint density at radius 2 is 1.57 bits per heavy atom. The van der Waals surface area contributed by atoms with Crippen LogP contribution in [0.25, 0.3) is 0 Å². The zero-order chi connectivity index (χ0) is 15.8. The summed E-state index contributed by atoms with van der Waals surface area (Å²) >= 11 is 0. The van der Waals surface area contributed by atoms with Crippen LogP contribution in [0.4, 0.5) is 0 Å². The zero-order valence-electron chi connectivity index (χ0n) is 14.3. The number of unbranched alkanes of at least 4 members (excludes halogenated alkanes) is 2. The molecule has 0 unspecified atom stereocenters. The van der Waals surface area contributed by atoms with E-state index in [1.165, 1.54) is 6.42 Å². The van der Waals surface area contributed by atoms with Crippen LogP contribution in [0.1, 0.15) is 25.7 Å². The number of methoxy groups -OCH3 is 2. The molecule has 6 heteroatoms. The van der Waals surface area contributed by atoms with Crippen LogP contribution in [0, 0.1) is 0 Å². The molecule has 0 aromatic carbocycles. The summed E-state index contributed by atoms with van der Waals surface area (Å²) in [7, 11) is 7.43. The number of rotatable bonds is 13. The van der Waals surface area contributed by atoms with Crippen molar-refractivity contribution < 1.29 is 9.47 Å². The molecule has 0 saturated heterocycles. The van der Waals surface area contributed by atoms with Crippen molar-refractivity contribution in [2.45, 2.75) is 25.7 Å². The maximum atomic E-state index is 5.05. The lowest BCUT2D eigenvalue weighted by atomic mass is 10.2. The highest BCUT2D eigenvalue weighted by molar-refractivity contribution is 5.79. The van der Waals surface area contributed by atoms with E-state index in [9.17, 15) is 0 Å². The predicted octanol–water partition coefficient (Wildman–Crippen LogP) is 0.936. The van der Waals surface area contributed by atoms with E-state index < -0.39 is 0 Å². The summed E-state index contributed by atoms with van der Waals surface area (Å²) in [5.74, 6) is 0.882. The summed E-state index contributed by atoms with van der Waals surface area (Å²) in [5.41, 5.74) is 0. The second-order valence-corrected chi connectivity index (χ2v) is 5.13. The number of guanidine groups is 1. The zero-order valence-corrected chi connectivity index (χ0v) is 14.3. The molecule has 21 heavy (non-hydrogen) atoms. The number of ether oxygens (including phenoxy) is 2.